The van der Waals surface area contributed by atoms with Crippen LogP contribution in [0.5, 0.6) is 5.75 Å². The number of hydrogen-bond acceptors (Lipinski definition) is 5. The first kappa shape index (κ1) is 28.6. The lowest BCUT2D eigenvalue weighted by molar-refractivity contribution is -0.139. The van der Waals surface area contributed by atoms with Crippen molar-refractivity contribution in [3.63, 3.8) is 0 Å². The van der Waals surface area contributed by atoms with Crippen molar-refractivity contribution in [3.8, 4) is 5.75 Å². The van der Waals surface area contributed by atoms with Crippen molar-refractivity contribution >= 4 is 27.5 Å². The van der Waals surface area contributed by atoms with Crippen molar-refractivity contribution in [2.75, 3.05) is 24.5 Å². The molecule has 0 aliphatic rings. The molecule has 0 heterocycles. The zero-order chi connectivity index (χ0) is 27.9. The number of nitrogens with one attached hydrogen (secondary N) is 1. The number of benzene rings is 3. The maximum atomic E-state index is 13.6. The number of ether oxygens (including phenoxy) is 1. The van der Waals surface area contributed by atoms with E-state index in [1.54, 1.807) is 19.1 Å². The Balaban J connectivity index is 2.02. The van der Waals surface area contributed by atoms with Crippen molar-refractivity contribution in [2.24, 2.45) is 0 Å². The largest absolute Gasteiger partial charge is 0.494 e. The molecule has 0 saturated carbocycles. The molecule has 0 saturated heterocycles. The molecule has 3 aromatic rings. The zero-order valence-corrected chi connectivity index (χ0v) is 22.0. The molecule has 11 heteroatoms. The SMILES string of the molecule is CCOc1ccc(N(CC(=O)N(Cc2ccc(F)cc2)C(C)C(=O)NC)S(=O)(=O)c2ccc(F)cc2)cc1. The van der Waals surface area contributed by atoms with Crippen LogP contribution in [-0.2, 0) is 26.2 Å². The summed E-state index contributed by atoms with van der Waals surface area (Å²) in [6.07, 6.45) is 0. The van der Waals surface area contributed by atoms with Gasteiger partial charge in [0.2, 0.25) is 11.8 Å². The smallest absolute Gasteiger partial charge is 0.264 e. The molecule has 8 nitrogen and oxygen atoms in total. The average molecular weight is 546 g/mol. The third kappa shape index (κ3) is 6.86. The minimum atomic E-state index is -4.33. The molecule has 1 unspecified atom stereocenters. The molecule has 0 bridgehead atoms. The number of carbonyl (C=O) groups excluding carboxylic acids is 2. The molecule has 0 aliphatic carbocycles. The maximum Gasteiger partial charge on any atom is 0.264 e. The molecule has 1 atom stereocenters. The average Bonchev–Trinajstić information content (AvgIpc) is 2.91. The Labute approximate surface area is 220 Å². The summed E-state index contributed by atoms with van der Waals surface area (Å²) in [5.74, 6) is -1.71. The van der Waals surface area contributed by atoms with Crippen LogP contribution in [0.2, 0.25) is 0 Å². The minimum Gasteiger partial charge on any atom is -0.494 e. The van der Waals surface area contributed by atoms with E-state index < -0.39 is 46.1 Å². The van der Waals surface area contributed by atoms with Crippen LogP contribution in [0.15, 0.2) is 77.7 Å². The van der Waals surface area contributed by atoms with Crippen LogP contribution in [0.25, 0.3) is 0 Å². The molecule has 38 heavy (non-hydrogen) atoms. The van der Waals surface area contributed by atoms with Crippen LogP contribution in [0.4, 0.5) is 14.5 Å². The number of halogens is 2. The topological polar surface area (TPSA) is 96.0 Å². The molecule has 0 spiro atoms. The fourth-order valence-electron chi connectivity index (χ4n) is 3.72. The summed E-state index contributed by atoms with van der Waals surface area (Å²) in [5, 5.41) is 2.49. The molecular formula is C27H29F2N3O5S. The van der Waals surface area contributed by atoms with Crippen molar-refractivity contribution < 1.29 is 31.5 Å². The van der Waals surface area contributed by atoms with Crippen molar-refractivity contribution in [2.45, 2.75) is 31.3 Å². The summed E-state index contributed by atoms with van der Waals surface area (Å²) >= 11 is 0. The Bertz CT molecular complexity index is 1350. The van der Waals surface area contributed by atoms with Gasteiger partial charge in [0.1, 0.15) is 30.0 Å². The highest BCUT2D eigenvalue weighted by Gasteiger charge is 2.32. The predicted octanol–water partition coefficient (Wildman–Crippen LogP) is 3.72. The van der Waals surface area contributed by atoms with E-state index in [0.717, 1.165) is 28.6 Å². The number of amides is 2. The quantitative estimate of drug-likeness (QED) is 0.396. The van der Waals surface area contributed by atoms with Gasteiger partial charge in [0.05, 0.1) is 17.2 Å². The third-order valence-corrected chi connectivity index (χ3v) is 7.58. The number of sulfonamides is 1. The second-order valence-corrected chi connectivity index (χ2v) is 10.2. The lowest BCUT2D eigenvalue weighted by atomic mass is 10.1. The number of rotatable bonds is 11. The summed E-state index contributed by atoms with van der Waals surface area (Å²) in [6, 6.07) is 14.8. The monoisotopic (exact) mass is 545 g/mol. The molecule has 3 rings (SSSR count). The first-order chi connectivity index (χ1) is 18.1. The fourth-order valence-corrected chi connectivity index (χ4v) is 5.13. The van der Waals surface area contributed by atoms with E-state index in [1.807, 2.05) is 0 Å². The Hall–Kier alpha value is -3.99. The Kier molecular flexibility index (Phi) is 9.40. The Morgan fingerprint density at radius 2 is 1.47 bits per heavy atom. The van der Waals surface area contributed by atoms with Gasteiger partial charge >= 0.3 is 0 Å². The van der Waals surface area contributed by atoms with Gasteiger partial charge in [-0.1, -0.05) is 12.1 Å². The highest BCUT2D eigenvalue weighted by molar-refractivity contribution is 7.92. The first-order valence-electron chi connectivity index (χ1n) is 11.8. The normalized spacial score (nSPS) is 11.9. The highest BCUT2D eigenvalue weighted by Crippen LogP contribution is 2.27. The fraction of sp³-hybridized carbons (Fsp3) is 0.259. The van der Waals surface area contributed by atoms with Crippen molar-refractivity contribution in [1.82, 2.24) is 10.2 Å². The Morgan fingerprint density at radius 1 is 0.921 bits per heavy atom. The zero-order valence-electron chi connectivity index (χ0n) is 21.2. The van der Waals surface area contributed by atoms with Crippen LogP contribution < -0.4 is 14.4 Å². The van der Waals surface area contributed by atoms with E-state index in [0.29, 0.717) is 17.9 Å². The number of carbonyl (C=O) groups is 2. The van der Waals surface area contributed by atoms with Crippen LogP contribution in [0, 0.1) is 11.6 Å². The number of nitrogens with zero attached hydrogens (tertiary/aromatic N) is 2. The number of anilines is 1. The maximum absolute atomic E-state index is 13.6. The molecule has 0 aromatic heterocycles. The molecule has 0 aliphatic heterocycles. The van der Waals surface area contributed by atoms with Gasteiger partial charge in [-0.2, -0.15) is 0 Å². The molecule has 0 fully saturated rings. The van der Waals surface area contributed by atoms with Gasteiger partial charge in [0, 0.05) is 13.6 Å². The number of likely N-dealkylation sites (N-methyl/N-ethyl adjacent to an activating group) is 1. The second kappa shape index (κ2) is 12.5. The summed E-state index contributed by atoms with van der Waals surface area (Å²) in [7, 11) is -2.91. The van der Waals surface area contributed by atoms with Gasteiger partial charge in [-0.05, 0) is 80.1 Å². The van der Waals surface area contributed by atoms with E-state index in [9.17, 15) is 26.8 Å². The van der Waals surface area contributed by atoms with E-state index in [-0.39, 0.29) is 17.1 Å². The molecule has 1 N–H and O–H groups in total. The highest BCUT2D eigenvalue weighted by atomic mass is 32.2. The van der Waals surface area contributed by atoms with Gasteiger partial charge in [0.15, 0.2) is 0 Å². The molecule has 202 valence electrons. The minimum absolute atomic E-state index is 0.0680. The second-order valence-electron chi connectivity index (χ2n) is 8.33. The number of hydrogen-bond donors (Lipinski definition) is 1. The van der Waals surface area contributed by atoms with Gasteiger partial charge < -0.3 is 15.0 Å². The van der Waals surface area contributed by atoms with E-state index in [2.05, 4.69) is 5.32 Å². The van der Waals surface area contributed by atoms with Crippen LogP contribution in [0.3, 0.4) is 0 Å². The van der Waals surface area contributed by atoms with Gasteiger partial charge in [-0.3, -0.25) is 13.9 Å². The third-order valence-electron chi connectivity index (χ3n) is 5.80. The Morgan fingerprint density at radius 3 is 2.00 bits per heavy atom. The molecule has 3 aromatic carbocycles. The van der Waals surface area contributed by atoms with E-state index in [1.165, 1.54) is 55.3 Å². The molecule has 0 radical (unpaired) electrons. The lowest BCUT2D eigenvalue weighted by Crippen LogP contribution is -2.50. The summed E-state index contributed by atoms with van der Waals surface area (Å²) in [4.78, 5) is 27.1. The van der Waals surface area contributed by atoms with Crippen LogP contribution in [0.1, 0.15) is 19.4 Å². The van der Waals surface area contributed by atoms with Crippen molar-refractivity contribution in [1.29, 1.82) is 0 Å². The van der Waals surface area contributed by atoms with Gasteiger partial charge in [-0.15, -0.1) is 0 Å². The van der Waals surface area contributed by atoms with Crippen LogP contribution in [-0.4, -0.2) is 51.4 Å². The summed E-state index contributed by atoms with van der Waals surface area (Å²) < 4.78 is 60.6. The van der Waals surface area contributed by atoms with Gasteiger partial charge in [-0.25, -0.2) is 17.2 Å². The van der Waals surface area contributed by atoms with E-state index >= 15 is 0 Å². The predicted molar refractivity (Wildman–Crippen MR) is 139 cm³/mol. The molecule has 2 amide bonds. The first-order valence-corrected chi connectivity index (χ1v) is 13.3. The molecular weight excluding hydrogens is 516 g/mol. The standard InChI is InChI=1S/C27H29F2N3O5S/c1-4-37-24-13-11-23(12-14-24)32(38(35,36)25-15-9-22(29)10-16-25)18-26(33)31(19(2)27(34)30-3)17-20-5-7-21(28)8-6-20/h5-16,19H,4,17-18H2,1-3H3,(H,30,34). The summed E-state index contributed by atoms with van der Waals surface area (Å²) in [6.45, 7) is 3.00. The van der Waals surface area contributed by atoms with E-state index in [4.69, 9.17) is 4.74 Å². The lowest BCUT2D eigenvalue weighted by Gasteiger charge is -2.31. The summed E-state index contributed by atoms with van der Waals surface area (Å²) in [5.41, 5.74) is 0.713. The van der Waals surface area contributed by atoms with Crippen LogP contribution >= 0.6 is 0 Å². The van der Waals surface area contributed by atoms with Crippen molar-refractivity contribution in [3.05, 3.63) is 90.0 Å². The van der Waals surface area contributed by atoms with Gasteiger partial charge in [0.25, 0.3) is 10.0 Å².